The normalized spacial score (nSPS) is 14.9. The third kappa shape index (κ3) is 8.81. The van der Waals surface area contributed by atoms with E-state index in [0.717, 1.165) is 24.9 Å². The summed E-state index contributed by atoms with van der Waals surface area (Å²) in [5, 5.41) is 12.8. The maximum atomic E-state index is 14.9. The molecule has 0 unspecified atom stereocenters. The molecule has 3 heterocycles. The molecular formula is C30H33Cl2F3N6O2S. The maximum Gasteiger partial charge on any atom is 0.422 e. The van der Waals surface area contributed by atoms with Crippen LogP contribution in [-0.2, 0) is 17.4 Å². The fourth-order valence-corrected chi connectivity index (χ4v) is 6.02. The predicted molar refractivity (Wildman–Crippen MR) is 171 cm³/mol. The molecule has 0 bridgehead atoms. The fraction of sp³-hybridized carbons (Fsp3) is 0.333. The number of carbonyl (C=O) groups is 1. The molecule has 236 valence electrons. The molecular weight excluding hydrogens is 636 g/mol. The van der Waals surface area contributed by atoms with Crippen molar-refractivity contribution >= 4 is 53.4 Å². The molecule has 0 radical (unpaired) electrons. The first kappa shape index (κ1) is 35.0. The Balaban J connectivity index is 0.00000264. The number of hydrogen-bond acceptors (Lipinski definition) is 8. The van der Waals surface area contributed by atoms with E-state index in [1.54, 1.807) is 59.1 Å². The highest BCUT2D eigenvalue weighted by atomic mass is 35.5. The zero-order valence-electron chi connectivity index (χ0n) is 24.1. The van der Waals surface area contributed by atoms with Gasteiger partial charge in [-0.05, 0) is 63.2 Å². The Morgan fingerprint density at radius 3 is 2.57 bits per heavy atom. The molecule has 1 N–H and O–H groups in total. The van der Waals surface area contributed by atoms with Gasteiger partial charge in [0.1, 0.15) is 22.1 Å². The van der Waals surface area contributed by atoms with Gasteiger partial charge in [0, 0.05) is 30.6 Å². The standard InChI is InChI=1S/C30H31F3N6O2S.2ClH/c1-38(2)17-20-7-6-14-39(18-20)28-24(10-11-25(27(28)30(31,32)33)41-23-8-4-3-5-9-23)37-26(40)15-22-19-42-29(36-22)21-12-13-34-35-16-21;;/h3-5,8-13,16,19-20H,6-7,14-15,17-18H2,1-2H3,(H,37,40);2*1H/t20-;;/m1../s1. The number of anilines is 2. The number of alkyl halides is 3. The molecule has 5 rings (SSSR count). The van der Waals surface area contributed by atoms with Crippen molar-refractivity contribution in [3.05, 3.63) is 77.6 Å². The number of aromatic nitrogens is 3. The van der Waals surface area contributed by atoms with Crippen molar-refractivity contribution in [3.63, 3.8) is 0 Å². The highest BCUT2D eigenvalue weighted by Gasteiger charge is 2.41. The maximum absolute atomic E-state index is 14.9. The van der Waals surface area contributed by atoms with Crippen LogP contribution in [0.3, 0.4) is 0 Å². The number of rotatable bonds is 9. The fourth-order valence-electron chi connectivity index (χ4n) is 5.21. The van der Waals surface area contributed by atoms with E-state index in [1.807, 2.05) is 19.0 Å². The summed E-state index contributed by atoms with van der Waals surface area (Å²) in [6.45, 7) is 1.60. The van der Waals surface area contributed by atoms with Crippen LogP contribution in [0, 0.1) is 5.92 Å². The molecule has 1 atom stereocenters. The minimum atomic E-state index is -4.74. The van der Waals surface area contributed by atoms with Gasteiger partial charge < -0.3 is 19.9 Å². The SMILES string of the molecule is CN(C)C[C@H]1CCCN(c2c(NC(=O)Cc3csc(-c4ccnnc4)n3)ccc(Oc3ccccc3)c2C(F)(F)F)C1.Cl.Cl. The Bertz CT molecular complexity index is 1510. The van der Waals surface area contributed by atoms with E-state index in [9.17, 15) is 18.0 Å². The lowest BCUT2D eigenvalue weighted by molar-refractivity contribution is -0.138. The van der Waals surface area contributed by atoms with E-state index in [1.165, 1.54) is 23.5 Å². The van der Waals surface area contributed by atoms with E-state index in [2.05, 4.69) is 20.5 Å². The van der Waals surface area contributed by atoms with Crippen molar-refractivity contribution in [1.82, 2.24) is 20.1 Å². The van der Waals surface area contributed by atoms with Gasteiger partial charge in [0.05, 0.1) is 35.9 Å². The molecule has 0 spiro atoms. The van der Waals surface area contributed by atoms with Crippen molar-refractivity contribution in [2.75, 3.05) is 43.9 Å². The van der Waals surface area contributed by atoms with Crippen molar-refractivity contribution in [2.45, 2.75) is 25.4 Å². The van der Waals surface area contributed by atoms with Gasteiger partial charge >= 0.3 is 6.18 Å². The van der Waals surface area contributed by atoms with Crippen molar-refractivity contribution < 1.29 is 22.7 Å². The van der Waals surface area contributed by atoms with Crippen LogP contribution in [0.15, 0.2) is 66.3 Å². The van der Waals surface area contributed by atoms with Gasteiger partial charge in [0.2, 0.25) is 5.91 Å². The summed E-state index contributed by atoms with van der Waals surface area (Å²) in [4.78, 5) is 21.5. The molecule has 14 heteroatoms. The number of para-hydroxylation sites is 1. The van der Waals surface area contributed by atoms with Gasteiger partial charge in [-0.15, -0.1) is 36.2 Å². The van der Waals surface area contributed by atoms with Crippen LogP contribution in [0.4, 0.5) is 24.5 Å². The summed E-state index contributed by atoms with van der Waals surface area (Å²) in [5.41, 5.74) is 0.387. The molecule has 1 aliphatic heterocycles. The Labute approximate surface area is 270 Å². The van der Waals surface area contributed by atoms with Crippen LogP contribution in [0.5, 0.6) is 11.5 Å². The van der Waals surface area contributed by atoms with E-state index >= 15 is 0 Å². The van der Waals surface area contributed by atoms with E-state index < -0.39 is 17.6 Å². The quantitative estimate of drug-likeness (QED) is 0.202. The smallest absolute Gasteiger partial charge is 0.422 e. The molecule has 2 aromatic carbocycles. The minimum Gasteiger partial charge on any atom is -0.457 e. The van der Waals surface area contributed by atoms with Crippen LogP contribution >= 0.6 is 36.2 Å². The summed E-state index contributed by atoms with van der Waals surface area (Å²) >= 11 is 1.35. The Hall–Kier alpha value is -3.45. The van der Waals surface area contributed by atoms with Crippen molar-refractivity contribution in [3.8, 4) is 22.1 Å². The number of halogens is 5. The first-order chi connectivity index (χ1) is 20.2. The van der Waals surface area contributed by atoms with Gasteiger partial charge in [0.15, 0.2) is 0 Å². The van der Waals surface area contributed by atoms with Gasteiger partial charge in [-0.1, -0.05) is 18.2 Å². The van der Waals surface area contributed by atoms with Crippen LogP contribution in [0.1, 0.15) is 24.1 Å². The van der Waals surface area contributed by atoms with Gasteiger partial charge in [-0.25, -0.2) is 4.98 Å². The highest BCUT2D eigenvalue weighted by Crippen LogP contribution is 2.48. The summed E-state index contributed by atoms with van der Waals surface area (Å²) < 4.78 is 50.3. The average Bonchev–Trinajstić information content (AvgIpc) is 3.42. The third-order valence-electron chi connectivity index (χ3n) is 6.85. The molecule has 2 aromatic heterocycles. The third-order valence-corrected chi connectivity index (χ3v) is 7.79. The molecule has 4 aromatic rings. The first-order valence-electron chi connectivity index (χ1n) is 13.6. The number of nitrogens with one attached hydrogen (secondary N) is 1. The second-order valence-corrected chi connectivity index (χ2v) is 11.3. The lowest BCUT2D eigenvalue weighted by atomic mass is 9.95. The second kappa shape index (κ2) is 15.5. The topological polar surface area (TPSA) is 83.5 Å². The van der Waals surface area contributed by atoms with Gasteiger partial charge in [-0.2, -0.15) is 23.4 Å². The van der Waals surface area contributed by atoms with Crippen LogP contribution in [0.2, 0.25) is 0 Å². The van der Waals surface area contributed by atoms with E-state index in [0.29, 0.717) is 29.5 Å². The van der Waals surface area contributed by atoms with Gasteiger partial charge in [-0.3, -0.25) is 4.79 Å². The Kier molecular flexibility index (Phi) is 12.4. The summed E-state index contributed by atoms with van der Waals surface area (Å²) in [6, 6.07) is 12.9. The molecule has 1 amide bonds. The van der Waals surface area contributed by atoms with E-state index in [4.69, 9.17) is 4.74 Å². The molecule has 1 fully saturated rings. The van der Waals surface area contributed by atoms with Crippen LogP contribution in [-0.4, -0.2) is 59.7 Å². The second-order valence-electron chi connectivity index (χ2n) is 10.5. The Morgan fingerprint density at radius 1 is 1.11 bits per heavy atom. The summed E-state index contributed by atoms with van der Waals surface area (Å²) in [5.74, 6) is -0.314. The number of thiazole rings is 1. The lowest BCUT2D eigenvalue weighted by Gasteiger charge is -2.38. The average molecular weight is 670 g/mol. The first-order valence-corrected chi connectivity index (χ1v) is 14.4. The Morgan fingerprint density at radius 2 is 1.89 bits per heavy atom. The molecule has 1 saturated heterocycles. The van der Waals surface area contributed by atoms with Crippen molar-refractivity contribution in [1.29, 1.82) is 0 Å². The zero-order valence-corrected chi connectivity index (χ0v) is 26.5. The molecule has 44 heavy (non-hydrogen) atoms. The highest BCUT2D eigenvalue weighted by molar-refractivity contribution is 7.13. The number of ether oxygens (including phenoxy) is 1. The van der Waals surface area contributed by atoms with Crippen LogP contribution < -0.4 is 15.0 Å². The minimum absolute atomic E-state index is 0. The molecule has 0 aliphatic carbocycles. The summed E-state index contributed by atoms with van der Waals surface area (Å²) in [7, 11) is 3.91. The number of hydrogen-bond donors (Lipinski definition) is 1. The van der Waals surface area contributed by atoms with Gasteiger partial charge in [0.25, 0.3) is 0 Å². The number of piperidine rings is 1. The summed E-state index contributed by atoms with van der Waals surface area (Å²) in [6.07, 6.45) is -0.0550. The monoisotopic (exact) mass is 668 g/mol. The molecule has 1 aliphatic rings. The van der Waals surface area contributed by atoms with Crippen LogP contribution in [0.25, 0.3) is 10.6 Å². The lowest BCUT2D eigenvalue weighted by Crippen LogP contribution is -2.40. The van der Waals surface area contributed by atoms with Crippen molar-refractivity contribution in [2.24, 2.45) is 5.92 Å². The number of nitrogens with zero attached hydrogens (tertiary/aromatic N) is 5. The number of amides is 1. The molecule has 8 nitrogen and oxygen atoms in total. The predicted octanol–water partition coefficient (Wildman–Crippen LogP) is 7.21. The number of benzene rings is 2. The number of carbonyl (C=O) groups excluding carboxylic acids is 1. The largest absolute Gasteiger partial charge is 0.457 e. The molecule has 0 saturated carbocycles. The van der Waals surface area contributed by atoms with E-state index in [-0.39, 0.29) is 54.3 Å². The zero-order chi connectivity index (χ0) is 29.7.